The monoisotopic (exact) mass is 518 g/mol. The molecule has 0 bridgehead atoms. The first kappa shape index (κ1) is 26.9. The first-order valence-corrected chi connectivity index (χ1v) is 15.0. The number of ether oxygens (including phenoxy) is 2. The number of fused-ring (bicyclic) bond motifs is 1. The molecule has 5 heteroatoms. The van der Waals surface area contributed by atoms with E-state index in [9.17, 15) is 4.79 Å². The second-order valence-corrected chi connectivity index (χ2v) is 12.3. The molecule has 2 fully saturated rings. The molecule has 2 aliphatic carbocycles. The number of rotatable bonds is 7. The maximum absolute atomic E-state index is 14.1. The zero-order chi connectivity index (χ0) is 26.6. The first-order valence-electron chi connectivity index (χ1n) is 15.0. The van der Waals surface area contributed by atoms with Crippen LogP contribution in [-0.4, -0.2) is 23.8 Å². The number of nitrogens with one attached hydrogen (secondary N) is 1. The Bertz CT molecular complexity index is 1070. The third-order valence-electron chi connectivity index (χ3n) is 9.15. The van der Waals surface area contributed by atoms with Gasteiger partial charge in [-0.2, -0.15) is 0 Å². The van der Waals surface area contributed by atoms with Crippen molar-refractivity contribution in [2.24, 2.45) is 11.8 Å². The molecule has 5 nitrogen and oxygen atoms in total. The van der Waals surface area contributed by atoms with E-state index in [1.54, 1.807) is 0 Å². The molecular weight excluding hydrogens is 472 g/mol. The van der Waals surface area contributed by atoms with Gasteiger partial charge in [0.2, 0.25) is 6.79 Å². The third kappa shape index (κ3) is 5.97. The van der Waals surface area contributed by atoms with Crippen molar-refractivity contribution >= 4 is 11.7 Å². The summed E-state index contributed by atoms with van der Waals surface area (Å²) in [6, 6.07) is 12.8. The molecule has 38 heavy (non-hydrogen) atoms. The van der Waals surface area contributed by atoms with E-state index < -0.39 is 0 Å². The zero-order valence-corrected chi connectivity index (χ0v) is 23.8. The average molecular weight is 519 g/mol. The third-order valence-corrected chi connectivity index (χ3v) is 9.15. The summed E-state index contributed by atoms with van der Waals surface area (Å²) in [5.74, 6) is 3.94. The molecule has 1 aliphatic heterocycles. The number of hydrogen-bond donors (Lipinski definition) is 1. The Hall–Kier alpha value is -2.69. The van der Waals surface area contributed by atoms with Crippen molar-refractivity contribution in [2.75, 3.05) is 12.1 Å². The van der Waals surface area contributed by atoms with E-state index >= 15 is 0 Å². The lowest BCUT2D eigenvalue weighted by molar-refractivity contribution is 0.120. The van der Waals surface area contributed by atoms with Crippen LogP contribution in [0, 0.1) is 11.8 Å². The minimum atomic E-state index is 0.0128. The fraction of sp³-hybridized carbons (Fsp3) is 0.606. The molecule has 1 N–H and O–H groups in total. The molecule has 206 valence electrons. The Morgan fingerprint density at radius 2 is 1.47 bits per heavy atom. The molecule has 2 amide bonds. The highest BCUT2D eigenvalue weighted by Gasteiger charge is 2.33. The average Bonchev–Trinajstić information content (AvgIpc) is 3.40. The van der Waals surface area contributed by atoms with Gasteiger partial charge in [-0.15, -0.1) is 0 Å². The standard InChI is InChI=1S/C33H46N2O3/c1-22(2)28-11-8-12-29(23(3)4)32(28)34-33(36)35(20-24-13-18-30-31(19-24)38-21-37-30)27-16-14-26(15-17-27)25-9-6-5-7-10-25/h8,11-13,18-19,22-23,25-27H,5-7,9-10,14-17,20-21H2,1-4H3,(H,34,36). The van der Waals surface area contributed by atoms with Crippen molar-refractivity contribution in [1.82, 2.24) is 4.90 Å². The van der Waals surface area contributed by atoms with Crippen molar-refractivity contribution in [2.45, 2.75) is 110 Å². The van der Waals surface area contributed by atoms with Gasteiger partial charge in [0, 0.05) is 18.3 Å². The van der Waals surface area contributed by atoms with Crippen LogP contribution in [-0.2, 0) is 6.54 Å². The van der Waals surface area contributed by atoms with Gasteiger partial charge >= 0.3 is 6.03 Å². The lowest BCUT2D eigenvalue weighted by Gasteiger charge is -2.40. The first-order chi connectivity index (χ1) is 18.4. The molecule has 5 rings (SSSR count). The molecule has 1 heterocycles. The Kier molecular flexibility index (Phi) is 8.50. The molecule has 3 aliphatic rings. The minimum Gasteiger partial charge on any atom is -0.454 e. The number of benzene rings is 2. The Balaban J connectivity index is 1.38. The summed E-state index contributed by atoms with van der Waals surface area (Å²) >= 11 is 0. The molecule has 0 saturated heterocycles. The van der Waals surface area contributed by atoms with Gasteiger partial charge < -0.3 is 19.7 Å². The Morgan fingerprint density at radius 1 is 0.842 bits per heavy atom. The van der Waals surface area contributed by atoms with Gasteiger partial charge in [-0.1, -0.05) is 84.1 Å². The largest absolute Gasteiger partial charge is 0.454 e. The number of anilines is 1. The molecule has 0 unspecified atom stereocenters. The smallest absolute Gasteiger partial charge is 0.322 e. The number of urea groups is 1. The quantitative estimate of drug-likeness (QED) is 0.398. The summed E-state index contributed by atoms with van der Waals surface area (Å²) in [5, 5.41) is 3.42. The van der Waals surface area contributed by atoms with E-state index in [1.807, 2.05) is 12.1 Å². The van der Waals surface area contributed by atoms with E-state index in [0.29, 0.717) is 18.4 Å². The number of para-hydroxylation sites is 1. The van der Waals surface area contributed by atoms with Crippen molar-refractivity contribution in [3.63, 3.8) is 0 Å². The summed E-state index contributed by atoms with van der Waals surface area (Å²) in [6.45, 7) is 9.64. The predicted molar refractivity (Wildman–Crippen MR) is 154 cm³/mol. The van der Waals surface area contributed by atoms with E-state index in [2.05, 4.69) is 62.2 Å². The lowest BCUT2D eigenvalue weighted by atomic mass is 9.72. The normalized spacial score (nSPS) is 21.6. The fourth-order valence-electron chi connectivity index (χ4n) is 6.97. The fourth-order valence-corrected chi connectivity index (χ4v) is 6.97. The van der Waals surface area contributed by atoms with Crippen molar-refractivity contribution < 1.29 is 14.3 Å². The maximum Gasteiger partial charge on any atom is 0.322 e. The number of carbonyl (C=O) groups excluding carboxylic acids is 1. The van der Waals surface area contributed by atoms with Gasteiger partial charge in [-0.3, -0.25) is 0 Å². The molecule has 0 radical (unpaired) electrons. The van der Waals surface area contributed by atoms with Crippen molar-refractivity contribution in [3.05, 3.63) is 53.1 Å². The molecular formula is C33H46N2O3. The van der Waals surface area contributed by atoms with Crippen LogP contribution in [0.1, 0.15) is 114 Å². The number of hydrogen-bond acceptors (Lipinski definition) is 3. The van der Waals surface area contributed by atoms with Crippen LogP contribution in [0.5, 0.6) is 11.5 Å². The van der Waals surface area contributed by atoms with Gasteiger partial charge in [0.1, 0.15) is 0 Å². The summed E-state index contributed by atoms with van der Waals surface area (Å²) in [7, 11) is 0. The Morgan fingerprint density at radius 3 is 2.13 bits per heavy atom. The van der Waals surface area contributed by atoms with E-state index in [-0.39, 0.29) is 18.9 Å². The summed E-state index contributed by atoms with van der Waals surface area (Å²) in [4.78, 5) is 16.2. The van der Waals surface area contributed by atoms with E-state index in [0.717, 1.165) is 47.4 Å². The molecule has 0 spiro atoms. The summed E-state index contributed by atoms with van der Waals surface area (Å²) in [5.41, 5.74) is 4.48. The zero-order valence-electron chi connectivity index (χ0n) is 23.8. The SMILES string of the molecule is CC(C)c1cccc(C(C)C)c1NC(=O)N(Cc1ccc2c(c1)OCO2)C1CCC(C2CCCCC2)CC1. The van der Waals surface area contributed by atoms with Gasteiger partial charge in [0.25, 0.3) is 0 Å². The van der Waals surface area contributed by atoms with Crippen LogP contribution in [0.3, 0.4) is 0 Å². The second kappa shape index (κ2) is 12.0. The number of nitrogens with zero attached hydrogens (tertiary/aromatic N) is 1. The molecule has 2 saturated carbocycles. The van der Waals surface area contributed by atoms with Gasteiger partial charge in [0.05, 0.1) is 0 Å². The van der Waals surface area contributed by atoms with Gasteiger partial charge in [-0.05, 0) is 78.2 Å². The molecule has 2 aromatic rings. The molecule has 0 atom stereocenters. The van der Waals surface area contributed by atoms with E-state index in [4.69, 9.17) is 9.47 Å². The maximum atomic E-state index is 14.1. The minimum absolute atomic E-state index is 0.0128. The van der Waals surface area contributed by atoms with Gasteiger partial charge in [-0.25, -0.2) is 4.79 Å². The molecule has 2 aromatic carbocycles. The topological polar surface area (TPSA) is 50.8 Å². The highest BCUT2D eigenvalue weighted by molar-refractivity contribution is 5.91. The highest BCUT2D eigenvalue weighted by atomic mass is 16.7. The van der Waals surface area contributed by atoms with Crippen LogP contribution in [0.2, 0.25) is 0 Å². The van der Waals surface area contributed by atoms with Crippen LogP contribution < -0.4 is 14.8 Å². The van der Waals surface area contributed by atoms with Gasteiger partial charge in [0.15, 0.2) is 11.5 Å². The van der Waals surface area contributed by atoms with Crippen LogP contribution >= 0.6 is 0 Å². The number of carbonyl (C=O) groups is 1. The van der Waals surface area contributed by atoms with Crippen LogP contribution in [0.25, 0.3) is 0 Å². The molecule has 0 aromatic heterocycles. The number of amides is 2. The van der Waals surface area contributed by atoms with Crippen LogP contribution in [0.15, 0.2) is 36.4 Å². The predicted octanol–water partition coefficient (Wildman–Crippen LogP) is 8.84. The summed E-state index contributed by atoms with van der Waals surface area (Å²) in [6.07, 6.45) is 11.7. The van der Waals surface area contributed by atoms with Crippen molar-refractivity contribution in [1.29, 1.82) is 0 Å². The summed E-state index contributed by atoms with van der Waals surface area (Å²) < 4.78 is 11.2. The van der Waals surface area contributed by atoms with Crippen molar-refractivity contribution in [3.8, 4) is 11.5 Å². The van der Waals surface area contributed by atoms with Crippen LogP contribution in [0.4, 0.5) is 10.5 Å². The highest BCUT2D eigenvalue weighted by Crippen LogP contribution is 2.40. The lowest BCUT2D eigenvalue weighted by Crippen LogP contribution is -2.45. The Labute approximate surface area is 229 Å². The van der Waals surface area contributed by atoms with E-state index in [1.165, 1.54) is 56.1 Å². The second-order valence-electron chi connectivity index (χ2n) is 12.3.